The highest BCUT2D eigenvalue weighted by molar-refractivity contribution is 5.76. The maximum atomic E-state index is 11.4. The summed E-state index contributed by atoms with van der Waals surface area (Å²) in [5, 5.41) is 2.93. The largest absolute Gasteiger partial charge is 0.356 e. The first kappa shape index (κ1) is 15.4. The molecule has 1 rings (SSSR count). The van der Waals surface area contributed by atoms with Crippen LogP contribution in [-0.4, -0.2) is 43.0 Å². The van der Waals surface area contributed by atoms with Crippen molar-refractivity contribution in [2.24, 2.45) is 5.73 Å². The summed E-state index contributed by atoms with van der Waals surface area (Å²) in [7, 11) is 2.21. The fraction of sp³-hybridized carbons (Fsp3) is 0.929. The quantitative estimate of drug-likeness (QED) is 0.678. The van der Waals surface area contributed by atoms with Crippen molar-refractivity contribution >= 4 is 5.91 Å². The molecule has 0 radical (unpaired) electrons. The molecule has 1 unspecified atom stereocenters. The summed E-state index contributed by atoms with van der Waals surface area (Å²) < 4.78 is 0. The van der Waals surface area contributed by atoms with Crippen LogP contribution >= 0.6 is 0 Å². The van der Waals surface area contributed by atoms with Crippen molar-refractivity contribution in [3.8, 4) is 0 Å². The number of rotatable bonds is 7. The Balaban J connectivity index is 2.04. The Morgan fingerprint density at radius 3 is 2.67 bits per heavy atom. The zero-order chi connectivity index (χ0) is 13.4. The van der Waals surface area contributed by atoms with Crippen molar-refractivity contribution in [3.05, 3.63) is 0 Å². The van der Waals surface area contributed by atoms with Crippen molar-refractivity contribution in [2.45, 2.75) is 64.0 Å². The van der Waals surface area contributed by atoms with Gasteiger partial charge < -0.3 is 16.0 Å². The molecule has 18 heavy (non-hydrogen) atoms. The van der Waals surface area contributed by atoms with Gasteiger partial charge in [0.15, 0.2) is 0 Å². The summed E-state index contributed by atoms with van der Waals surface area (Å²) in [6, 6.07) is 0.716. The van der Waals surface area contributed by atoms with E-state index in [1.54, 1.807) is 0 Å². The Morgan fingerprint density at radius 2 is 2.06 bits per heavy atom. The molecule has 0 saturated heterocycles. The average Bonchev–Trinajstić information content (AvgIpc) is 2.34. The summed E-state index contributed by atoms with van der Waals surface area (Å²) >= 11 is 0. The van der Waals surface area contributed by atoms with E-state index < -0.39 is 0 Å². The number of hydrogen-bond acceptors (Lipinski definition) is 3. The lowest BCUT2D eigenvalue weighted by atomic mass is 9.94. The molecule has 1 aliphatic rings. The van der Waals surface area contributed by atoms with Gasteiger partial charge in [-0.3, -0.25) is 4.79 Å². The van der Waals surface area contributed by atoms with Crippen LogP contribution in [0.4, 0.5) is 0 Å². The van der Waals surface area contributed by atoms with Crippen LogP contribution in [0.2, 0.25) is 0 Å². The second-order valence-electron chi connectivity index (χ2n) is 5.66. The van der Waals surface area contributed by atoms with E-state index in [-0.39, 0.29) is 11.9 Å². The third-order valence-electron chi connectivity index (χ3n) is 3.72. The van der Waals surface area contributed by atoms with Crippen LogP contribution < -0.4 is 11.1 Å². The van der Waals surface area contributed by atoms with Gasteiger partial charge in [-0.15, -0.1) is 0 Å². The van der Waals surface area contributed by atoms with Crippen LogP contribution in [0.1, 0.15) is 51.9 Å². The molecule has 4 nitrogen and oxygen atoms in total. The first-order chi connectivity index (χ1) is 8.59. The van der Waals surface area contributed by atoms with E-state index in [2.05, 4.69) is 17.3 Å². The highest BCUT2D eigenvalue weighted by atomic mass is 16.1. The highest BCUT2D eigenvalue weighted by Gasteiger charge is 2.17. The number of nitrogens with two attached hydrogens (primary N) is 1. The number of hydrogen-bond donors (Lipinski definition) is 2. The summed E-state index contributed by atoms with van der Waals surface area (Å²) in [5.41, 5.74) is 5.57. The van der Waals surface area contributed by atoms with Crippen molar-refractivity contribution in [2.75, 3.05) is 20.1 Å². The summed E-state index contributed by atoms with van der Waals surface area (Å²) in [6.45, 7) is 3.70. The summed E-state index contributed by atoms with van der Waals surface area (Å²) in [4.78, 5) is 13.9. The Kier molecular flexibility index (Phi) is 7.28. The molecule has 0 aromatic rings. The van der Waals surface area contributed by atoms with Gasteiger partial charge in [-0.2, -0.15) is 0 Å². The van der Waals surface area contributed by atoms with Gasteiger partial charge in [-0.05, 0) is 39.8 Å². The molecule has 0 bridgehead atoms. The average molecular weight is 255 g/mol. The fourth-order valence-corrected chi connectivity index (χ4v) is 2.63. The molecule has 4 heteroatoms. The standard InChI is InChI=1S/C14H29N3O/c1-12(15)11-14(18)16-9-6-10-17(2)13-7-4-3-5-8-13/h12-13H,3-11,15H2,1-2H3,(H,16,18). The van der Waals surface area contributed by atoms with Gasteiger partial charge in [0.25, 0.3) is 0 Å². The number of carbonyl (C=O) groups is 1. The van der Waals surface area contributed by atoms with Crippen LogP contribution in [0.25, 0.3) is 0 Å². The number of carbonyl (C=O) groups excluding carboxylic acids is 1. The molecule has 0 aromatic carbocycles. The zero-order valence-corrected chi connectivity index (χ0v) is 12.0. The molecule has 3 N–H and O–H groups in total. The minimum absolute atomic E-state index is 0.0464. The molecular formula is C14H29N3O. The maximum Gasteiger partial charge on any atom is 0.221 e. The normalized spacial score (nSPS) is 18.9. The number of nitrogens with zero attached hydrogens (tertiary/aromatic N) is 1. The molecule has 0 heterocycles. The molecule has 106 valence electrons. The van der Waals surface area contributed by atoms with E-state index in [4.69, 9.17) is 5.73 Å². The van der Waals surface area contributed by atoms with E-state index in [1.165, 1.54) is 32.1 Å². The SMILES string of the molecule is CC(N)CC(=O)NCCCN(C)C1CCCCC1. The zero-order valence-electron chi connectivity index (χ0n) is 12.0. The summed E-state index contributed by atoms with van der Waals surface area (Å²) in [6.07, 6.45) is 8.29. The van der Waals surface area contributed by atoms with Gasteiger partial charge in [0.1, 0.15) is 0 Å². The first-order valence-electron chi connectivity index (χ1n) is 7.32. The Labute approximate surface area is 111 Å². The van der Waals surface area contributed by atoms with E-state index >= 15 is 0 Å². The second-order valence-corrected chi connectivity index (χ2v) is 5.66. The van der Waals surface area contributed by atoms with E-state index in [1.807, 2.05) is 6.92 Å². The molecule has 1 saturated carbocycles. The first-order valence-corrected chi connectivity index (χ1v) is 7.32. The van der Waals surface area contributed by atoms with Crippen molar-refractivity contribution in [1.29, 1.82) is 0 Å². The number of nitrogens with one attached hydrogen (secondary N) is 1. The molecule has 1 fully saturated rings. The molecule has 1 atom stereocenters. The van der Waals surface area contributed by atoms with Crippen LogP contribution in [0.5, 0.6) is 0 Å². The predicted octanol–water partition coefficient (Wildman–Crippen LogP) is 1.49. The van der Waals surface area contributed by atoms with Crippen LogP contribution in [0.3, 0.4) is 0 Å². The lowest BCUT2D eigenvalue weighted by Gasteiger charge is -2.31. The monoisotopic (exact) mass is 255 g/mol. The Morgan fingerprint density at radius 1 is 1.39 bits per heavy atom. The highest BCUT2D eigenvalue weighted by Crippen LogP contribution is 2.21. The maximum absolute atomic E-state index is 11.4. The molecule has 1 amide bonds. The topological polar surface area (TPSA) is 58.4 Å². The van der Waals surface area contributed by atoms with E-state index in [0.29, 0.717) is 6.42 Å². The lowest BCUT2D eigenvalue weighted by Crippen LogP contribution is -2.36. The van der Waals surface area contributed by atoms with Gasteiger partial charge in [0.05, 0.1) is 0 Å². The van der Waals surface area contributed by atoms with Crippen molar-refractivity contribution in [1.82, 2.24) is 10.2 Å². The predicted molar refractivity (Wildman–Crippen MR) is 75.4 cm³/mol. The van der Waals surface area contributed by atoms with Gasteiger partial charge in [-0.25, -0.2) is 0 Å². The molecular weight excluding hydrogens is 226 g/mol. The third kappa shape index (κ3) is 6.36. The molecule has 0 aromatic heterocycles. The minimum Gasteiger partial charge on any atom is -0.356 e. The molecule has 0 aliphatic heterocycles. The van der Waals surface area contributed by atoms with Crippen LogP contribution in [0, 0.1) is 0 Å². The Hall–Kier alpha value is -0.610. The van der Waals surface area contributed by atoms with Gasteiger partial charge in [0.2, 0.25) is 5.91 Å². The van der Waals surface area contributed by atoms with Crippen molar-refractivity contribution < 1.29 is 4.79 Å². The van der Waals surface area contributed by atoms with Crippen molar-refractivity contribution in [3.63, 3.8) is 0 Å². The van der Waals surface area contributed by atoms with Gasteiger partial charge in [-0.1, -0.05) is 19.3 Å². The minimum atomic E-state index is -0.0464. The second kappa shape index (κ2) is 8.48. The fourth-order valence-electron chi connectivity index (χ4n) is 2.63. The Bertz CT molecular complexity index is 237. The van der Waals surface area contributed by atoms with E-state index in [9.17, 15) is 4.79 Å². The van der Waals surface area contributed by atoms with E-state index in [0.717, 1.165) is 25.6 Å². The smallest absolute Gasteiger partial charge is 0.221 e. The molecule has 0 spiro atoms. The molecule has 1 aliphatic carbocycles. The lowest BCUT2D eigenvalue weighted by molar-refractivity contribution is -0.121. The van der Waals surface area contributed by atoms with Gasteiger partial charge in [0, 0.05) is 25.0 Å². The van der Waals surface area contributed by atoms with Crippen LogP contribution in [0.15, 0.2) is 0 Å². The van der Waals surface area contributed by atoms with Crippen LogP contribution in [-0.2, 0) is 4.79 Å². The number of amides is 1. The van der Waals surface area contributed by atoms with Gasteiger partial charge >= 0.3 is 0 Å². The third-order valence-corrected chi connectivity index (χ3v) is 3.72. The summed E-state index contributed by atoms with van der Waals surface area (Å²) in [5.74, 6) is 0.0744.